The highest BCUT2D eigenvalue weighted by molar-refractivity contribution is 9.10. The Bertz CT molecular complexity index is 992. The first kappa shape index (κ1) is 19.0. The quantitative estimate of drug-likeness (QED) is 0.655. The minimum atomic E-state index is -0.162. The molecule has 28 heavy (non-hydrogen) atoms. The lowest BCUT2D eigenvalue weighted by atomic mass is 10.1. The van der Waals surface area contributed by atoms with Crippen molar-refractivity contribution in [2.75, 3.05) is 38.2 Å². The van der Waals surface area contributed by atoms with E-state index < -0.39 is 0 Å². The number of fused-ring (bicyclic) bond motifs is 1. The predicted molar refractivity (Wildman–Crippen MR) is 112 cm³/mol. The van der Waals surface area contributed by atoms with Gasteiger partial charge in [-0.3, -0.25) is 19.4 Å². The van der Waals surface area contributed by atoms with Crippen LogP contribution in [-0.4, -0.2) is 58.4 Å². The number of rotatable bonds is 5. The van der Waals surface area contributed by atoms with E-state index in [1.165, 1.54) is 0 Å². The third kappa shape index (κ3) is 4.40. The summed E-state index contributed by atoms with van der Waals surface area (Å²) in [5, 5.41) is 8.14. The summed E-state index contributed by atoms with van der Waals surface area (Å²) in [6, 6.07) is 7.56. The molecule has 3 heterocycles. The van der Waals surface area contributed by atoms with Crippen molar-refractivity contribution in [3.05, 3.63) is 52.4 Å². The molecule has 1 amide bonds. The fraction of sp³-hybridized carbons (Fsp3) is 0.350. The average molecular weight is 444 g/mol. The summed E-state index contributed by atoms with van der Waals surface area (Å²) in [7, 11) is 0. The highest BCUT2D eigenvalue weighted by atomic mass is 79.9. The molecule has 1 aromatic carbocycles. The van der Waals surface area contributed by atoms with Crippen molar-refractivity contribution in [1.29, 1.82) is 0 Å². The number of nitrogens with zero attached hydrogens (tertiary/aromatic N) is 4. The van der Waals surface area contributed by atoms with Crippen molar-refractivity contribution in [1.82, 2.24) is 19.7 Å². The molecule has 0 atom stereocenters. The second kappa shape index (κ2) is 8.38. The van der Waals surface area contributed by atoms with E-state index in [0.717, 1.165) is 60.5 Å². The van der Waals surface area contributed by atoms with Crippen molar-refractivity contribution >= 4 is 38.4 Å². The van der Waals surface area contributed by atoms with Crippen molar-refractivity contribution < 1.29 is 9.53 Å². The number of benzene rings is 1. The van der Waals surface area contributed by atoms with Crippen molar-refractivity contribution in [2.45, 2.75) is 13.5 Å². The molecule has 2 aromatic heterocycles. The molecule has 3 aromatic rings. The van der Waals surface area contributed by atoms with E-state index >= 15 is 0 Å². The molecule has 1 saturated heterocycles. The van der Waals surface area contributed by atoms with Crippen LogP contribution in [-0.2, 0) is 11.3 Å². The van der Waals surface area contributed by atoms with Crippen LogP contribution in [0.15, 0.2) is 41.1 Å². The first-order valence-corrected chi connectivity index (χ1v) is 10.1. The molecule has 1 fully saturated rings. The summed E-state index contributed by atoms with van der Waals surface area (Å²) in [6.07, 6.45) is 3.55. The Hall–Kier alpha value is -2.29. The number of hydrogen-bond donors (Lipinski definition) is 1. The Morgan fingerprint density at radius 3 is 2.89 bits per heavy atom. The lowest BCUT2D eigenvalue weighted by Crippen LogP contribution is -2.38. The SMILES string of the molecule is Cc1cc(C(=O)Nc2cnn(CCN3CCOCC3)c2)c2ccc(Br)cc2n1. The Labute approximate surface area is 171 Å². The van der Waals surface area contributed by atoms with Crippen molar-refractivity contribution in [3.8, 4) is 0 Å². The number of hydrogen-bond acceptors (Lipinski definition) is 5. The smallest absolute Gasteiger partial charge is 0.256 e. The standard InChI is InChI=1S/C20H22BrN5O2/c1-14-10-18(17-3-2-15(21)11-19(17)23-14)20(27)24-16-12-22-26(13-16)5-4-25-6-8-28-9-7-25/h2-3,10-13H,4-9H2,1H3,(H,24,27). The second-order valence-electron chi connectivity index (χ2n) is 6.87. The number of carbonyl (C=O) groups excluding carboxylic acids is 1. The third-order valence-corrected chi connectivity index (χ3v) is 5.28. The largest absolute Gasteiger partial charge is 0.379 e. The van der Waals surface area contributed by atoms with E-state index in [4.69, 9.17) is 4.74 Å². The summed E-state index contributed by atoms with van der Waals surface area (Å²) in [5.41, 5.74) is 2.89. The number of nitrogens with one attached hydrogen (secondary N) is 1. The molecule has 0 radical (unpaired) electrons. The fourth-order valence-electron chi connectivity index (χ4n) is 3.34. The summed E-state index contributed by atoms with van der Waals surface area (Å²) in [6.45, 7) is 7.07. The Kier molecular flexibility index (Phi) is 5.70. The van der Waals surface area contributed by atoms with Crippen molar-refractivity contribution in [2.24, 2.45) is 0 Å². The molecule has 8 heteroatoms. The monoisotopic (exact) mass is 443 g/mol. The van der Waals surface area contributed by atoms with E-state index in [2.05, 4.69) is 36.2 Å². The van der Waals surface area contributed by atoms with E-state index in [0.29, 0.717) is 11.3 Å². The maximum absolute atomic E-state index is 12.9. The van der Waals surface area contributed by atoms with Crippen LogP contribution in [0.3, 0.4) is 0 Å². The normalized spacial score (nSPS) is 15.1. The first-order chi connectivity index (χ1) is 13.6. The summed E-state index contributed by atoms with van der Waals surface area (Å²) >= 11 is 3.46. The molecule has 4 rings (SSSR count). The van der Waals surface area contributed by atoms with Crippen LogP contribution in [0.2, 0.25) is 0 Å². The second-order valence-corrected chi connectivity index (χ2v) is 7.79. The number of anilines is 1. The van der Waals surface area contributed by atoms with Gasteiger partial charge in [0.1, 0.15) is 0 Å². The molecule has 146 valence electrons. The molecule has 1 aliphatic heterocycles. The third-order valence-electron chi connectivity index (χ3n) is 4.78. The molecular formula is C20H22BrN5O2. The number of halogens is 1. The van der Waals surface area contributed by atoms with Gasteiger partial charge in [-0.25, -0.2) is 0 Å². The van der Waals surface area contributed by atoms with E-state index in [1.807, 2.05) is 42.1 Å². The molecule has 0 aliphatic carbocycles. The number of ether oxygens (including phenoxy) is 1. The van der Waals surface area contributed by atoms with Crippen LogP contribution in [0.4, 0.5) is 5.69 Å². The number of pyridine rings is 1. The average Bonchev–Trinajstić information content (AvgIpc) is 3.13. The first-order valence-electron chi connectivity index (χ1n) is 9.29. The van der Waals surface area contributed by atoms with Crippen LogP contribution in [0.5, 0.6) is 0 Å². The minimum absolute atomic E-state index is 0.162. The number of carbonyl (C=O) groups is 1. The number of aromatic nitrogens is 3. The van der Waals surface area contributed by atoms with E-state index in [-0.39, 0.29) is 5.91 Å². The van der Waals surface area contributed by atoms with Crippen LogP contribution >= 0.6 is 15.9 Å². The molecule has 0 spiro atoms. The number of aryl methyl sites for hydroxylation is 1. The Balaban J connectivity index is 1.45. The van der Waals surface area contributed by atoms with Gasteiger partial charge in [0.05, 0.1) is 42.7 Å². The van der Waals surface area contributed by atoms with Crippen LogP contribution in [0, 0.1) is 6.92 Å². The maximum Gasteiger partial charge on any atom is 0.256 e. The Morgan fingerprint density at radius 1 is 1.25 bits per heavy atom. The molecule has 1 N–H and O–H groups in total. The molecule has 0 bridgehead atoms. The van der Waals surface area contributed by atoms with Gasteiger partial charge in [-0.1, -0.05) is 22.0 Å². The van der Waals surface area contributed by atoms with Gasteiger partial charge in [0.15, 0.2) is 0 Å². The predicted octanol–water partition coefficient (Wildman–Crippen LogP) is 3.09. The Morgan fingerprint density at radius 2 is 2.07 bits per heavy atom. The van der Waals surface area contributed by atoms with Crippen molar-refractivity contribution in [3.63, 3.8) is 0 Å². The van der Waals surface area contributed by atoms with Gasteiger partial charge in [-0.05, 0) is 25.1 Å². The van der Waals surface area contributed by atoms with Gasteiger partial charge in [-0.2, -0.15) is 5.10 Å². The molecule has 0 unspecified atom stereocenters. The minimum Gasteiger partial charge on any atom is -0.379 e. The zero-order valence-electron chi connectivity index (χ0n) is 15.7. The van der Waals surface area contributed by atoms with E-state index in [1.54, 1.807) is 6.20 Å². The molecule has 1 aliphatic rings. The van der Waals surface area contributed by atoms with Gasteiger partial charge in [-0.15, -0.1) is 0 Å². The van der Waals surface area contributed by atoms with Gasteiger partial charge >= 0.3 is 0 Å². The fourth-order valence-corrected chi connectivity index (χ4v) is 3.69. The number of morpholine rings is 1. The zero-order valence-corrected chi connectivity index (χ0v) is 17.3. The van der Waals surface area contributed by atoms with Crippen LogP contribution in [0.1, 0.15) is 16.1 Å². The van der Waals surface area contributed by atoms with Gasteiger partial charge in [0.2, 0.25) is 0 Å². The van der Waals surface area contributed by atoms with Crippen LogP contribution < -0.4 is 5.32 Å². The van der Waals surface area contributed by atoms with Gasteiger partial charge in [0.25, 0.3) is 5.91 Å². The van der Waals surface area contributed by atoms with E-state index in [9.17, 15) is 4.79 Å². The van der Waals surface area contributed by atoms with Gasteiger partial charge < -0.3 is 10.1 Å². The highest BCUT2D eigenvalue weighted by Crippen LogP contribution is 2.23. The summed E-state index contributed by atoms with van der Waals surface area (Å²) in [4.78, 5) is 19.7. The summed E-state index contributed by atoms with van der Waals surface area (Å²) in [5.74, 6) is -0.162. The lowest BCUT2D eigenvalue weighted by molar-refractivity contribution is 0.0360. The summed E-state index contributed by atoms with van der Waals surface area (Å²) < 4.78 is 8.16. The highest BCUT2D eigenvalue weighted by Gasteiger charge is 2.14. The van der Waals surface area contributed by atoms with Crippen LogP contribution in [0.25, 0.3) is 10.9 Å². The number of amides is 1. The maximum atomic E-state index is 12.9. The topological polar surface area (TPSA) is 72.3 Å². The van der Waals surface area contributed by atoms with Gasteiger partial charge in [0, 0.05) is 41.4 Å². The molecule has 7 nitrogen and oxygen atoms in total. The molecular weight excluding hydrogens is 422 g/mol. The zero-order chi connectivity index (χ0) is 19.5. The lowest BCUT2D eigenvalue weighted by Gasteiger charge is -2.26. The molecule has 0 saturated carbocycles.